The van der Waals surface area contributed by atoms with Gasteiger partial charge < -0.3 is 10.1 Å². The maximum absolute atomic E-state index is 11.4. The SMILES string of the molecule is C=C(C)C(=O)NC(CCCCCCC)OC. The summed E-state index contributed by atoms with van der Waals surface area (Å²) in [6.45, 7) is 7.49. The molecule has 0 radical (unpaired) electrons. The minimum Gasteiger partial charge on any atom is -0.362 e. The van der Waals surface area contributed by atoms with Gasteiger partial charge in [-0.2, -0.15) is 0 Å². The number of nitrogens with one attached hydrogen (secondary N) is 1. The van der Waals surface area contributed by atoms with Gasteiger partial charge in [-0.15, -0.1) is 0 Å². The Balaban J connectivity index is 3.67. The fourth-order valence-electron chi connectivity index (χ4n) is 1.45. The van der Waals surface area contributed by atoms with Gasteiger partial charge in [0.2, 0.25) is 5.91 Å². The number of carbonyl (C=O) groups is 1. The molecule has 0 aliphatic rings. The number of amides is 1. The molecule has 0 aliphatic heterocycles. The fourth-order valence-corrected chi connectivity index (χ4v) is 1.45. The molecule has 1 unspecified atom stereocenters. The lowest BCUT2D eigenvalue weighted by Crippen LogP contribution is -2.36. The number of carbonyl (C=O) groups excluding carboxylic acids is 1. The lowest BCUT2D eigenvalue weighted by Gasteiger charge is -2.16. The quantitative estimate of drug-likeness (QED) is 0.373. The van der Waals surface area contributed by atoms with Crippen molar-refractivity contribution in [3.63, 3.8) is 0 Å². The second-order valence-electron chi connectivity index (χ2n) is 4.18. The molecule has 3 heteroatoms. The second-order valence-corrected chi connectivity index (χ2v) is 4.18. The van der Waals surface area contributed by atoms with Crippen LogP contribution in [0, 0.1) is 0 Å². The van der Waals surface area contributed by atoms with E-state index in [0.29, 0.717) is 5.57 Å². The van der Waals surface area contributed by atoms with E-state index in [-0.39, 0.29) is 12.1 Å². The van der Waals surface area contributed by atoms with Crippen molar-refractivity contribution in [1.82, 2.24) is 5.32 Å². The van der Waals surface area contributed by atoms with Crippen LogP contribution in [0.1, 0.15) is 52.4 Å². The molecule has 3 nitrogen and oxygen atoms in total. The minimum atomic E-state index is -0.175. The van der Waals surface area contributed by atoms with Crippen LogP contribution in [0.3, 0.4) is 0 Å². The Morgan fingerprint density at radius 1 is 1.31 bits per heavy atom. The Bertz CT molecular complexity index is 214. The zero-order valence-corrected chi connectivity index (χ0v) is 10.8. The summed E-state index contributed by atoms with van der Waals surface area (Å²) in [4.78, 5) is 11.4. The van der Waals surface area contributed by atoms with E-state index < -0.39 is 0 Å². The molecule has 1 amide bonds. The summed E-state index contributed by atoms with van der Waals surface area (Å²) in [5, 5.41) is 2.80. The van der Waals surface area contributed by atoms with Crippen LogP contribution in [0.15, 0.2) is 12.2 Å². The molecule has 0 aromatic rings. The van der Waals surface area contributed by atoms with Crippen molar-refractivity contribution >= 4 is 5.91 Å². The number of methoxy groups -OCH3 is 1. The Morgan fingerprint density at radius 2 is 1.94 bits per heavy atom. The van der Waals surface area contributed by atoms with Crippen LogP contribution in [-0.2, 0) is 9.53 Å². The number of ether oxygens (including phenoxy) is 1. The first-order chi connectivity index (χ1) is 7.61. The molecule has 0 saturated carbocycles. The Kier molecular flexibility index (Phi) is 8.91. The van der Waals surface area contributed by atoms with E-state index in [1.54, 1.807) is 14.0 Å². The third-order valence-electron chi connectivity index (χ3n) is 2.53. The Hall–Kier alpha value is -0.830. The number of rotatable bonds is 9. The largest absolute Gasteiger partial charge is 0.362 e. The molecule has 0 spiro atoms. The van der Waals surface area contributed by atoms with Crippen molar-refractivity contribution in [3.05, 3.63) is 12.2 Å². The zero-order chi connectivity index (χ0) is 12.4. The summed E-state index contributed by atoms with van der Waals surface area (Å²) in [5.41, 5.74) is 0.521. The van der Waals surface area contributed by atoms with Crippen molar-refractivity contribution in [1.29, 1.82) is 0 Å². The van der Waals surface area contributed by atoms with Gasteiger partial charge >= 0.3 is 0 Å². The zero-order valence-electron chi connectivity index (χ0n) is 10.8. The summed E-state index contributed by atoms with van der Waals surface area (Å²) in [6.07, 6.45) is 6.80. The van der Waals surface area contributed by atoms with Gasteiger partial charge in [0.05, 0.1) is 0 Å². The monoisotopic (exact) mass is 227 g/mol. The van der Waals surface area contributed by atoms with Crippen molar-refractivity contribution < 1.29 is 9.53 Å². The normalized spacial score (nSPS) is 12.2. The molecule has 0 aliphatic carbocycles. The highest BCUT2D eigenvalue weighted by Gasteiger charge is 2.10. The predicted molar refractivity (Wildman–Crippen MR) is 67.1 cm³/mol. The van der Waals surface area contributed by atoms with Crippen LogP contribution >= 0.6 is 0 Å². The van der Waals surface area contributed by atoms with E-state index in [1.165, 1.54) is 25.7 Å². The third kappa shape index (κ3) is 7.46. The van der Waals surface area contributed by atoms with E-state index in [2.05, 4.69) is 18.8 Å². The van der Waals surface area contributed by atoms with E-state index in [1.807, 2.05) is 0 Å². The molecule has 1 N–H and O–H groups in total. The smallest absolute Gasteiger partial charge is 0.248 e. The van der Waals surface area contributed by atoms with Crippen molar-refractivity contribution in [2.24, 2.45) is 0 Å². The molecule has 0 aromatic heterocycles. The molecule has 0 bridgehead atoms. The van der Waals surface area contributed by atoms with Gasteiger partial charge in [0.15, 0.2) is 0 Å². The molecule has 0 rings (SSSR count). The maximum Gasteiger partial charge on any atom is 0.248 e. The van der Waals surface area contributed by atoms with Crippen LogP contribution in [-0.4, -0.2) is 19.2 Å². The predicted octanol–water partition coefficient (Wildman–Crippen LogP) is 3.01. The summed E-state index contributed by atoms with van der Waals surface area (Å²) < 4.78 is 5.20. The molecule has 0 heterocycles. The molecule has 0 fully saturated rings. The number of unbranched alkanes of at least 4 members (excludes halogenated alkanes) is 4. The first-order valence-electron chi connectivity index (χ1n) is 6.11. The lowest BCUT2D eigenvalue weighted by atomic mass is 10.1. The van der Waals surface area contributed by atoms with Gasteiger partial charge in [-0.05, 0) is 19.8 Å². The first-order valence-corrected chi connectivity index (χ1v) is 6.11. The van der Waals surface area contributed by atoms with Gasteiger partial charge in [-0.25, -0.2) is 0 Å². The van der Waals surface area contributed by atoms with Crippen molar-refractivity contribution in [3.8, 4) is 0 Å². The Labute approximate surface area is 99.3 Å². The molecular weight excluding hydrogens is 202 g/mol. The van der Waals surface area contributed by atoms with Crippen LogP contribution in [0.5, 0.6) is 0 Å². The average Bonchev–Trinajstić information content (AvgIpc) is 2.26. The summed E-state index contributed by atoms with van der Waals surface area (Å²) in [5.74, 6) is -0.125. The molecule has 1 atom stereocenters. The van der Waals surface area contributed by atoms with Crippen LogP contribution < -0.4 is 5.32 Å². The van der Waals surface area contributed by atoms with Crippen LogP contribution in [0.4, 0.5) is 0 Å². The van der Waals surface area contributed by atoms with Crippen LogP contribution in [0.25, 0.3) is 0 Å². The number of hydrogen-bond donors (Lipinski definition) is 1. The van der Waals surface area contributed by atoms with Gasteiger partial charge in [0, 0.05) is 12.7 Å². The van der Waals surface area contributed by atoms with Gasteiger partial charge in [0.25, 0.3) is 0 Å². The second kappa shape index (κ2) is 9.40. The molecule has 0 aromatic carbocycles. The molecule has 16 heavy (non-hydrogen) atoms. The summed E-state index contributed by atoms with van der Waals surface area (Å²) in [6, 6.07) is 0. The number of hydrogen-bond acceptors (Lipinski definition) is 2. The first kappa shape index (κ1) is 15.2. The van der Waals surface area contributed by atoms with Crippen molar-refractivity contribution in [2.75, 3.05) is 7.11 Å². The maximum atomic E-state index is 11.4. The standard InChI is InChI=1S/C13H25NO2/c1-5-6-7-8-9-10-12(16-4)14-13(15)11(2)3/h12H,2,5-10H2,1,3-4H3,(H,14,15). The fraction of sp³-hybridized carbons (Fsp3) is 0.769. The molecule has 0 saturated heterocycles. The van der Waals surface area contributed by atoms with E-state index in [9.17, 15) is 4.79 Å². The Morgan fingerprint density at radius 3 is 2.44 bits per heavy atom. The van der Waals surface area contributed by atoms with Gasteiger partial charge in [0.1, 0.15) is 6.23 Å². The summed E-state index contributed by atoms with van der Waals surface area (Å²) in [7, 11) is 1.62. The van der Waals surface area contributed by atoms with Crippen LogP contribution in [0.2, 0.25) is 0 Å². The topological polar surface area (TPSA) is 38.3 Å². The minimum absolute atomic E-state index is 0.125. The average molecular weight is 227 g/mol. The van der Waals surface area contributed by atoms with E-state index >= 15 is 0 Å². The lowest BCUT2D eigenvalue weighted by molar-refractivity contribution is -0.121. The van der Waals surface area contributed by atoms with Gasteiger partial charge in [-0.3, -0.25) is 4.79 Å². The molecule has 94 valence electrons. The van der Waals surface area contributed by atoms with Crippen molar-refractivity contribution in [2.45, 2.75) is 58.6 Å². The highest BCUT2D eigenvalue weighted by molar-refractivity contribution is 5.92. The molecular formula is C13H25NO2. The van der Waals surface area contributed by atoms with E-state index in [4.69, 9.17) is 4.74 Å². The highest BCUT2D eigenvalue weighted by Crippen LogP contribution is 2.08. The van der Waals surface area contributed by atoms with E-state index in [0.717, 1.165) is 12.8 Å². The third-order valence-corrected chi connectivity index (χ3v) is 2.53. The highest BCUT2D eigenvalue weighted by atomic mass is 16.5. The summed E-state index contributed by atoms with van der Waals surface area (Å²) >= 11 is 0. The van der Waals surface area contributed by atoms with Gasteiger partial charge in [-0.1, -0.05) is 39.2 Å².